The van der Waals surface area contributed by atoms with Crippen LogP contribution in [0.2, 0.25) is 0 Å². The van der Waals surface area contributed by atoms with Gasteiger partial charge in [0.15, 0.2) is 0 Å². The van der Waals surface area contributed by atoms with Gasteiger partial charge < -0.3 is 15.5 Å². The van der Waals surface area contributed by atoms with Crippen molar-refractivity contribution in [3.63, 3.8) is 0 Å². The predicted molar refractivity (Wildman–Crippen MR) is 128 cm³/mol. The first-order valence-corrected chi connectivity index (χ1v) is 12.7. The number of fused-ring (bicyclic) bond motifs is 1. The van der Waals surface area contributed by atoms with Crippen LogP contribution in [0.25, 0.3) is 10.9 Å². The number of rotatable bonds is 6. The number of hydrogen-bond donors (Lipinski definition) is 2. The minimum atomic E-state index is -4.47. The Morgan fingerprint density at radius 1 is 1.06 bits per heavy atom. The van der Waals surface area contributed by atoms with E-state index in [1.54, 1.807) is 0 Å². The van der Waals surface area contributed by atoms with Crippen molar-refractivity contribution >= 4 is 28.5 Å². The summed E-state index contributed by atoms with van der Waals surface area (Å²) in [6.45, 7) is 2.38. The molecule has 3 heterocycles. The van der Waals surface area contributed by atoms with E-state index in [-0.39, 0.29) is 29.7 Å². The number of alkyl halides is 3. The number of amides is 2. The fourth-order valence-electron chi connectivity index (χ4n) is 5.67. The molecule has 0 spiro atoms. The standard InChI is InChI=1S/C25H31F3N6O2/c26-25(27,28)16-4-9-21-20(11-16)24(31-15-30-21)29-12-22(35)32-17-13-33(14-17)18-5-7-19(8-6-18)34-10-2-1-3-23(34)36/h4,9,11,15,17-19H,1-3,5-8,10,12-14H2,(H,32,35)(H,29,30,31)/t18-,19-. The summed E-state index contributed by atoms with van der Waals surface area (Å²) in [6, 6.07) is 4.19. The highest BCUT2D eigenvalue weighted by molar-refractivity contribution is 5.91. The van der Waals surface area contributed by atoms with Crippen molar-refractivity contribution in [2.45, 2.75) is 69.2 Å². The number of benzene rings is 1. The zero-order chi connectivity index (χ0) is 25.3. The van der Waals surface area contributed by atoms with Gasteiger partial charge in [0.25, 0.3) is 0 Å². The van der Waals surface area contributed by atoms with E-state index in [1.807, 2.05) is 0 Å². The molecule has 11 heteroatoms. The summed E-state index contributed by atoms with van der Waals surface area (Å²) in [5.74, 6) is 0.270. The van der Waals surface area contributed by atoms with Gasteiger partial charge in [0, 0.05) is 43.5 Å². The molecule has 0 atom stereocenters. The van der Waals surface area contributed by atoms with E-state index in [0.717, 1.165) is 70.3 Å². The lowest BCUT2D eigenvalue weighted by Crippen LogP contribution is -2.63. The molecule has 0 unspecified atom stereocenters. The van der Waals surface area contributed by atoms with Crippen molar-refractivity contribution in [2.75, 3.05) is 31.5 Å². The second-order valence-corrected chi connectivity index (χ2v) is 10.0. The van der Waals surface area contributed by atoms with Crippen LogP contribution in [0.15, 0.2) is 24.5 Å². The summed E-state index contributed by atoms with van der Waals surface area (Å²) in [6.07, 6.45) is 3.80. The molecule has 1 aromatic carbocycles. The van der Waals surface area contributed by atoms with Gasteiger partial charge in [-0.05, 0) is 56.7 Å². The quantitative estimate of drug-likeness (QED) is 0.628. The number of halogens is 3. The monoisotopic (exact) mass is 504 g/mol. The highest BCUT2D eigenvalue weighted by Crippen LogP contribution is 2.33. The van der Waals surface area contributed by atoms with E-state index in [0.29, 0.717) is 29.9 Å². The maximum Gasteiger partial charge on any atom is 0.416 e. The topological polar surface area (TPSA) is 90.5 Å². The highest BCUT2D eigenvalue weighted by atomic mass is 19.4. The van der Waals surface area contributed by atoms with E-state index in [2.05, 4.69) is 30.4 Å². The number of nitrogens with zero attached hydrogens (tertiary/aromatic N) is 4. The van der Waals surface area contributed by atoms with E-state index >= 15 is 0 Å². The molecule has 8 nitrogen and oxygen atoms in total. The number of piperidine rings is 1. The van der Waals surface area contributed by atoms with E-state index < -0.39 is 11.7 Å². The molecule has 3 aliphatic rings. The first kappa shape index (κ1) is 24.7. The summed E-state index contributed by atoms with van der Waals surface area (Å²) in [4.78, 5) is 37.2. The fourth-order valence-corrected chi connectivity index (χ4v) is 5.67. The second-order valence-electron chi connectivity index (χ2n) is 10.0. The number of carbonyl (C=O) groups excluding carboxylic acids is 2. The van der Waals surface area contributed by atoms with Crippen molar-refractivity contribution in [1.82, 2.24) is 25.1 Å². The van der Waals surface area contributed by atoms with Crippen LogP contribution in [0.5, 0.6) is 0 Å². The maximum atomic E-state index is 13.1. The molecule has 2 aromatic rings. The summed E-state index contributed by atoms with van der Waals surface area (Å²) in [7, 11) is 0. The lowest BCUT2D eigenvalue weighted by atomic mass is 9.86. The van der Waals surface area contributed by atoms with Gasteiger partial charge in [-0.15, -0.1) is 0 Å². The number of anilines is 1. The van der Waals surface area contributed by atoms with Crippen LogP contribution in [-0.4, -0.2) is 75.9 Å². The number of nitrogens with one attached hydrogen (secondary N) is 2. The molecule has 36 heavy (non-hydrogen) atoms. The molecule has 2 aliphatic heterocycles. The summed E-state index contributed by atoms with van der Waals surface area (Å²) >= 11 is 0. The molecule has 194 valence electrons. The number of likely N-dealkylation sites (tertiary alicyclic amines) is 2. The van der Waals surface area contributed by atoms with Gasteiger partial charge in [0.1, 0.15) is 12.1 Å². The van der Waals surface area contributed by atoms with Crippen LogP contribution in [-0.2, 0) is 15.8 Å². The zero-order valence-electron chi connectivity index (χ0n) is 20.1. The molecule has 1 aliphatic carbocycles. The lowest BCUT2D eigenvalue weighted by molar-refractivity contribution is -0.138. The second kappa shape index (κ2) is 10.2. The Labute approximate surface area is 207 Å². The maximum absolute atomic E-state index is 13.1. The van der Waals surface area contributed by atoms with Gasteiger partial charge in [0.2, 0.25) is 11.8 Å². The van der Waals surface area contributed by atoms with Crippen molar-refractivity contribution in [3.8, 4) is 0 Å². The largest absolute Gasteiger partial charge is 0.416 e. The smallest absolute Gasteiger partial charge is 0.360 e. The highest BCUT2D eigenvalue weighted by Gasteiger charge is 2.37. The van der Waals surface area contributed by atoms with Gasteiger partial charge in [-0.25, -0.2) is 9.97 Å². The van der Waals surface area contributed by atoms with E-state index in [4.69, 9.17) is 0 Å². The summed E-state index contributed by atoms with van der Waals surface area (Å²) in [5.41, 5.74) is -0.418. The molecule has 1 saturated carbocycles. The Kier molecular flexibility index (Phi) is 7.00. The normalized spacial score (nSPS) is 24.0. The minimum Gasteiger partial charge on any atom is -0.360 e. The van der Waals surface area contributed by atoms with Gasteiger partial charge in [0.05, 0.1) is 23.7 Å². The predicted octanol–water partition coefficient (Wildman–Crippen LogP) is 3.18. The Morgan fingerprint density at radius 3 is 2.53 bits per heavy atom. The van der Waals surface area contributed by atoms with Gasteiger partial charge in [-0.1, -0.05) is 0 Å². The number of carbonyl (C=O) groups is 2. The van der Waals surface area contributed by atoms with Crippen LogP contribution >= 0.6 is 0 Å². The lowest BCUT2D eigenvalue weighted by Gasteiger charge is -2.48. The average molecular weight is 505 g/mol. The fraction of sp³-hybridized carbons (Fsp3) is 0.600. The summed E-state index contributed by atoms with van der Waals surface area (Å²) < 4.78 is 39.3. The van der Waals surface area contributed by atoms with Crippen molar-refractivity contribution in [2.24, 2.45) is 0 Å². The number of hydrogen-bond acceptors (Lipinski definition) is 6. The first-order chi connectivity index (χ1) is 17.3. The van der Waals surface area contributed by atoms with Gasteiger partial charge >= 0.3 is 6.18 Å². The van der Waals surface area contributed by atoms with Gasteiger partial charge in [-0.2, -0.15) is 13.2 Å². The molecule has 0 bridgehead atoms. The molecular formula is C25H31F3N6O2. The third-order valence-electron chi connectivity index (χ3n) is 7.64. The van der Waals surface area contributed by atoms with Gasteiger partial charge in [-0.3, -0.25) is 14.5 Å². The summed E-state index contributed by atoms with van der Waals surface area (Å²) in [5, 5.41) is 6.06. The van der Waals surface area contributed by atoms with Crippen LogP contribution < -0.4 is 10.6 Å². The van der Waals surface area contributed by atoms with E-state index in [1.165, 1.54) is 12.4 Å². The molecule has 1 aromatic heterocycles. The van der Waals surface area contributed by atoms with Crippen molar-refractivity contribution in [3.05, 3.63) is 30.1 Å². The Morgan fingerprint density at radius 2 is 1.81 bits per heavy atom. The molecular weight excluding hydrogens is 473 g/mol. The molecule has 2 amide bonds. The molecule has 2 saturated heterocycles. The molecule has 5 rings (SSSR count). The van der Waals surface area contributed by atoms with Crippen molar-refractivity contribution < 1.29 is 22.8 Å². The first-order valence-electron chi connectivity index (χ1n) is 12.7. The minimum absolute atomic E-state index is 0.0553. The Bertz CT molecular complexity index is 1110. The zero-order valence-corrected chi connectivity index (χ0v) is 20.1. The average Bonchev–Trinajstić information content (AvgIpc) is 2.84. The van der Waals surface area contributed by atoms with Crippen LogP contribution in [0.4, 0.5) is 19.0 Å². The SMILES string of the molecule is O=C(CNc1ncnc2ccc(C(F)(F)F)cc12)NC1CN([C@H]2CC[C@H](N3CCCCC3=O)CC2)C1. The number of aromatic nitrogens is 2. The molecule has 2 N–H and O–H groups in total. The third kappa shape index (κ3) is 5.40. The van der Waals surface area contributed by atoms with Crippen LogP contribution in [0, 0.1) is 0 Å². The van der Waals surface area contributed by atoms with E-state index in [9.17, 15) is 22.8 Å². The molecule has 0 radical (unpaired) electrons. The Hall–Kier alpha value is -2.95. The Balaban J connectivity index is 1.07. The van der Waals surface area contributed by atoms with Crippen molar-refractivity contribution in [1.29, 1.82) is 0 Å². The van der Waals surface area contributed by atoms with Crippen LogP contribution in [0.3, 0.4) is 0 Å². The van der Waals surface area contributed by atoms with Crippen LogP contribution in [0.1, 0.15) is 50.5 Å². The molecule has 3 fully saturated rings. The third-order valence-corrected chi connectivity index (χ3v) is 7.64.